The molecule has 140 valence electrons. The molecule has 0 saturated carbocycles. The molecule has 0 aliphatic rings. The molecule has 0 aliphatic heterocycles. The first-order chi connectivity index (χ1) is 13.2. The van der Waals surface area contributed by atoms with Gasteiger partial charge in [0.2, 0.25) is 0 Å². The van der Waals surface area contributed by atoms with E-state index in [1.165, 1.54) is 0 Å². The van der Waals surface area contributed by atoms with E-state index in [4.69, 9.17) is 21.1 Å². The number of carbonyl (C=O) groups is 1. The van der Waals surface area contributed by atoms with Crippen LogP contribution in [0.2, 0.25) is 5.02 Å². The first-order valence-corrected chi connectivity index (χ1v) is 9.64. The van der Waals surface area contributed by atoms with Crippen LogP contribution in [0, 0.1) is 0 Å². The van der Waals surface area contributed by atoms with Crippen molar-refractivity contribution >= 4 is 28.8 Å². The van der Waals surface area contributed by atoms with Crippen molar-refractivity contribution in [2.45, 2.75) is 6.42 Å². The molecule has 1 heterocycles. The lowest BCUT2D eigenvalue weighted by atomic mass is 10.2. The van der Waals surface area contributed by atoms with Gasteiger partial charge in [-0.2, -0.15) is 0 Å². The molecule has 5 nitrogen and oxygen atoms in total. The molecule has 2 aromatic carbocycles. The second-order valence-corrected chi connectivity index (χ2v) is 7.02. The van der Waals surface area contributed by atoms with Gasteiger partial charge in [-0.05, 0) is 36.4 Å². The monoisotopic (exact) mass is 402 g/mol. The first kappa shape index (κ1) is 19.2. The highest BCUT2D eigenvalue weighted by Gasteiger charge is 2.08. The van der Waals surface area contributed by atoms with Crippen molar-refractivity contribution in [1.82, 2.24) is 10.3 Å². The van der Waals surface area contributed by atoms with Crippen LogP contribution >= 0.6 is 22.9 Å². The summed E-state index contributed by atoms with van der Waals surface area (Å²) in [6.07, 6.45) is 0.665. The summed E-state index contributed by atoms with van der Waals surface area (Å²) in [6, 6.07) is 14.8. The van der Waals surface area contributed by atoms with Gasteiger partial charge in [-0.25, -0.2) is 4.98 Å². The van der Waals surface area contributed by atoms with Crippen LogP contribution < -0.4 is 14.8 Å². The fourth-order valence-corrected chi connectivity index (χ4v) is 3.38. The Balaban J connectivity index is 1.44. The maximum absolute atomic E-state index is 11.9. The topological polar surface area (TPSA) is 60.5 Å². The second-order valence-electron chi connectivity index (χ2n) is 5.67. The van der Waals surface area contributed by atoms with E-state index < -0.39 is 0 Å². The Kier molecular flexibility index (Phi) is 6.68. The van der Waals surface area contributed by atoms with Crippen molar-refractivity contribution in [1.29, 1.82) is 0 Å². The number of aromatic nitrogens is 1. The summed E-state index contributed by atoms with van der Waals surface area (Å²) in [7, 11) is 1.64. The minimum Gasteiger partial charge on any atom is -0.497 e. The number of halogens is 1. The molecular formula is C20H19ClN2O3S. The summed E-state index contributed by atoms with van der Waals surface area (Å²) >= 11 is 7.57. The molecule has 3 aromatic rings. The molecule has 7 heteroatoms. The Hall–Kier alpha value is -2.57. The number of rotatable bonds is 8. The number of ether oxygens (including phenoxy) is 2. The van der Waals surface area contributed by atoms with E-state index in [9.17, 15) is 4.79 Å². The zero-order valence-electron chi connectivity index (χ0n) is 14.8. The Morgan fingerprint density at radius 3 is 2.70 bits per heavy atom. The summed E-state index contributed by atoms with van der Waals surface area (Å²) in [4.78, 5) is 16.5. The molecule has 0 radical (unpaired) electrons. The summed E-state index contributed by atoms with van der Waals surface area (Å²) < 4.78 is 10.6. The Morgan fingerprint density at radius 2 is 1.96 bits per heavy atom. The van der Waals surface area contributed by atoms with Crippen LogP contribution in [0.1, 0.15) is 5.01 Å². The third-order valence-corrected chi connectivity index (χ3v) is 5.01. The van der Waals surface area contributed by atoms with Gasteiger partial charge in [0.25, 0.3) is 5.91 Å². The lowest BCUT2D eigenvalue weighted by Crippen LogP contribution is -2.30. The minimum atomic E-state index is -0.193. The fourth-order valence-electron chi connectivity index (χ4n) is 2.39. The van der Waals surface area contributed by atoms with E-state index in [1.54, 1.807) is 30.6 Å². The fraction of sp³-hybridized carbons (Fsp3) is 0.200. The predicted molar refractivity (Wildman–Crippen MR) is 108 cm³/mol. The highest BCUT2D eigenvalue weighted by Crippen LogP contribution is 2.24. The van der Waals surface area contributed by atoms with Gasteiger partial charge in [0.05, 0.1) is 22.8 Å². The highest BCUT2D eigenvalue weighted by atomic mass is 35.5. The zero-order valence-corrected chi connectivity index (χ0v) is 16.3. The standard InChI is InChI=1S/C20H19ClN2O3S/c1-25-15-8-6-14(7-9-15)17-13-27-20(23-17)10-11-22-19(24)12-26-18-5-3-2-4-16(18)21/h2-9,13H,10-12H2,1H3,(H,22,24). The molecule has 0 fully saturated rings. The van der Waals surface area contributed by atoms with Crippen LogP contribution in [0.4, 0.5) is 0 Å². The lowest BCUT2D eigenvalue weighted by Gasteiger charge is -2.08. The summed E-state index contributed by atoms with van der Waals surface area (Å²) in [5, 5.41) is 6.29. The van der Waals surface area contributed by atoms with Crippen LogP contribution in [0.15, 0.2) is 53.9 Å². The van der Waals surface area contributed by atoms with Gasteiger partial charge in [-0.1, -0.05) is 23.7 Å². The average Bonchev–Trinajstić information content (AvgIpc) is 3.16. The number of thiazole rings is 1. The molecular weight excluding hydrogens is 384 g/mol. The second kappa shape index (κ2) is 9.39. The molecule has 0 aliphatic carbocycles. The molecule has 0 atom stereocenters. The van der Waals surface area contributed by atoms with Gasteiger partial charge in [0.1, 0.15) is 11.5 Å². The minimum absolute atomic E-state index is 0.0707. The lowest BCUT2D eigenvalue weighted by molar-refractivity contribution is -0.123. The summed E-state index contributed by atoms with van der Waals surface area (Å²) in [6.45, 7) is 0.430. The number of hydrogen-bond donors (Lipinski definition) is 1. The van der Waals surface area contributed by atoms with Crippen molar-refractivity contribution in [2.24, 2.45) is 0 Å². The van der Waals surface area contributed by atoms with E-state index >= 15 is 0 Å². The number of benzene rings is 2. The van der Waals surface area contributed by atoms with E-state index in [0.29, 0.717) is 23.7 Å². The zero-order chi connectivity index (χ0) is 19.1. The molecule has 1 aromatic heterocycles. The maximum atomic E-state index is 11.9. The van der Waals surface area contributed by atoms with Crippen LogP contribution in [0.5, 0.6) is 11.5 Å². The van der Waals surface area contributed by atoms with Crippen molar-refractivity contribution in [3.05, 3.63) is 63.9 Å². The molecule has 3 rings (SSSR count). The molecule has 0 unspecified atom stereocenters. The van der Waals surface area contributed by atoms with E-state index in [-0.39, 0.29) is 12.5 Å². The van der Waals surface area contributed by atoms with Crippen molar-refractivity contribution < 1.29 is 14.3 Å². The van der Waals surface area contributed by atoms with Crippen LogP contribution in [-0.2, 0) is 11.2 Å². The van der Waals surface area contributed by atoms with Crippen molar-refractivity contribution in [3.63, 3.8) is 0 Å². The van der Waals surface area contributed by atoms with E-state index in [0.717, 1.165) is 22.0 Å². The molecule has 1 amide bonds. The molecule has 27 heavy (non-hydrogen) atoms. The Morgan fingerprint density at radius 1 is 1.19 bits per heavy atom. The van der Waals surface area contributed by atoms with Gasteiger partial charge in [0.15, 0.2) is 6.61 Å². The Bertz CT molecular complexity index is 896. The maximum Gasteiger partial charge on any atom is 0.257 e. The number of nitrogens with one attached hydrogen (secondary N) is 1. The van der Waals surface area contributed by atoms with Gasteiger partial charge in [-0.15, -0.1) is 11.3 Å². The number of nitrogens with zero attached hydrogens (tertiary/aromatic N) is 1. The van der Waals surface area contributed by atoms with Crippen LogP contribution in [-0.4, -0.2) is 31.2 Å². The van der Waals surface area contributed by atoms with Crippen LogP contribution in [0.25, 0.3) is 11.3 Å². The number of hydrogen-bond acceptors (Lipinski definition) is 5. The SMILES string of the molecule is COc1ccc(-c2csc(CCNC(=O)COc3ccccc3Cl)n2)cc1. The number of para-hydroxylation sites is 1. The van der Waals surface area contributed by atoms with Gasteiger partial charge in [0, 0.05) is 23.9 Å². The third-order valence-electron chi connectivity index (χ3n) is 3.79. The molecule has 1 N–H and O–H groups in total. The average molecular weight is 403 g/mol. The van der Waals surface area contributed by atoms with Gasteiger partial charge in [-0.3, -0.25) is 4.79 Å². The smallest absolute Gasteiger partial charge is 0.257 e. The number of amides is 1. The summed E-state index contributed by atoms with van der Waals surface area (Å²) in [5.74, 6) is 1.12. The van der Waals surface area contributed by atoms with Crippen molar-refractivity contribution in [2.75, 3.05) is 20.3 Å². The van der Waals surface area contributed by atoms with Gasteiger partial charge >= 0.3 is 0 Å². The first-order valence-electron chi connectivity index (χ1n) is 8.38. The van der Waals surface area contributed by atoms with E-state index in [1.807, 2.05) is 41.8 Å². The van der Waals surface area contributed by atoms with E-state index in [2.05, 4.69) is 10.3 Å². The van der Waals surface area contributed by atoms with Crippen LogP contribution in [0.3, 0.4) is 0 Å². The van der Waals surface area contributed by atoms with Crippen molar-refractivity contribution in [3.8, 4) is 22.8 Å². The van der Waals surface area contributed by atoms with Gasteiger partial charge < -0.3 is 14.8 Å². The molecule has 0 spiro atoms. The molecule has 0 saturated heterocycles. The Labute approximate surface area is 166 Å². The number of methoxy groups -OCH3 is 1. The predicted octanol–water partition coefficient (Wildman–Crippen LogP) is 4.21. The quantitative estimate of drug-likeness (QED) is 0.613. The third kappa shape index (κ3) is 5.45. The normalized spacial score (nSPS) is 10.4. The summed E-state index contributed by atoms with van der Waals surface area (Å²) in [5.41, 5.74) is 1.96. The number of carbonyl (C=O) groups excluding carboxylic acids is 1. The highest BCUT2D eigenvalue weighted by molar-refractivity contribution is 7.09. The molecule has 0 bridgehead atoms. The largest absolute Gasteiger partial charge is 0.497 e.